The van der Waals surface area contributed by atoms with Crippen molar-refractivity contribution >= 4 is 29.3 Å². The number of carbonyl (C=O) groups is 1. The van der Waals surface area contributed by atoms with Crippen molar-refractivity contribution in [3.8, 4) is 0 Å². The third-order valence-electron chi connectivity index (χ3n) is 4.09. The van der Waals surface area contributed by atoms with Crippen LogP contribution in [0.2, 0.25) is 5.02 Å². The summed E-state index contributed by atoms with van der Waals surface area (Å²) in [6.45, 7) is 2.05. The van der Waals surface area contributed by atoms with Crippen LogP contribution in [0.4, 0.5) is 4.39 Å². The largest absolute Gasteiger partial charge is 0.294 e. The van der Waals surface area contributed by atoms with Crippen LogP contribution >= 0.6 is 11.6 Å². The van der Waals surface area contributed by atoms with Gasteiger partial charge in [-0.2, -0.15) is 5.10 Å². The Morgan fingerprint density at radius 1 is 1.44 bits per heavy atom. The zero-order chi connectivity index (χ0) is 17.8. The van der Waals surface area contributed by atoms with Crippen molar-refractivity contribution in [2.24, 2.45) is 5.10 Å². The lowest BCUT2D eigenvalue weighted by Gasteiger charge is -2.25. The second-order valence-corrected chi connectivity index (χ2v) is 6.26. The van der Waals surface area contributed by atoms with E-state index in [-0.39, 0.29) is 10.8 Å². The zero-order valence-electron chi connectivity index (χ0n) is 13.9. The van der Waals surface area contributed by atoms with E-state index in [1.165, 1.54) is 12.1 Å². The van der Waals surface area contributed by atoms with Gasteiger partial charge in [-0.3, -0.25) is 4.79 Å². The van der Waals surface area contributed by atoms with Crippen LogP contribution in [0.25, 0.3) is 5.70 Å². The Labute approximate surface area is 151 Å². The molecule has 1 aromatic rings. The summed E-state index contributed by atoms with van der Waals surface area (Å²) in [5, 5.41) is 6.06. The van der Waals surface area contributed by atoms with E-state index < -0.39 is 5.82 Å². The molecule has 2 aliphatic heterocycles. The lowest BCUT2D eigenvalue weighted by molar-refractivity contribution is -0.115. The van der Waals surface area contributed by atoms with Crippen LogP contribution < -0.4 is 0 Å². The number of hydrogen-bond acceptors (Lipinski definition) is 3. The third kappa shape index (κ3) is 3.65. The minimum Gasteiger partial charge on any atom is -0.294 e. The molecule has 25 heavy (non-hydrogen) atoms. The number of halogens is 2. The predicted molar refractivity (Wildman–Crippen MR) is 98.5 cm³/mol. The van der Waals surface area contributed by atoms with Crippen LogP contribution in [-0.4, -0.2) is 17.0 Å². The fourth-order valence-electron chi connectivity index (χ4n) is 2.82. The number of rotatable bonds is 5. The molecule has 0 atom stereocenters. The highest BCUT2D eigenvalue weighted by atomic mass is 35.5. The minimum absolute atomic E-state index is 0.0489. The molecular formula is C20H18ClFN2O. The fraction of sp³-hybridized carbons (Fsp3) is 0.250. The molecule has 0 fully saturated rings. The highest BCUT2D eigenvalue weighted by molar-refractivity contribution is 6.30. The van der Waals surface area contributed by atoms with Gasteiger partial charge in [0.25, 0.3) is 0 Å². The Morgan fingerprint density at radius 2 is 2.28 bits per heavy atom. The number of allylic oxidation sites excluding steroid dienone is 3. The number of hydrogen-bond donors (Lipinski definition) is 0. The Morgan fingerprint density at radius 3 is 3.04 bits per heavy atom. The molecular weight excluding hydrogens is 339 g/mol. The van der Waals surface area contributed by atoms with Crippen LogP contribution in [0.5, 0.6) is 0 Å². The number of nitrogens with zero attached hydrogens (tertiary/aromatic N) is 2. The molecule has 2 heterocycles. The van der Waals surface area contributed by atoms with Crippen LogP contribution in [0.1, 0.15) is 38.2 Å². The molecule has 3 rings (SSSR count). The molecule has 3 nitrogen and oxygen atoms in total. The maximum absolute atomic E-state index is 14.0. The van der Waals surface area contributed by atoms with E-state index >= 15 is 0 Å². The zero-order valence-corrected chi connectivity index (χ0v) is 14.7. The summed E-state index contributed by atoms with van der Waals surface area (Å²) in [5.41, 5.74) is 5.65. The molecule has 2 aliphatic rings. The van der Waals surface area contributed by atoms with Crippen LogP contribution in [-0.2, 0) is 4.79 Å². The quantitative estimate of drug-likeness (QED) is 0.675. The average Bonchev–Trinajstić information content (AvgIpc) is 2.81. The molecule has 0 aromatic heterocycles. The van der Waals surface area contributed by atoms with Gasteiger partial charge < -0.3 is 0 Å². The predicted octanol–water partition coefficient (Wildman–Crippen LogP) is 5.25. The molecule has 0 aliphatic carbocycles. The molecule has 0 spiro atoms. The van der Waals surface area contributed by atoms with Gasteiger partial charge in [-0.1, -0.05) is 36.7 Å². The number of fused-ring (bicyclic) bond motifs is 1. The van der Waals surface area contributed by atoms with Crippen LogP contribution in [0.15, 0.2) is 58.5 Å². The van der Waals surface area contributed by atoms with Gasteiger partial charge in [-0.15, -0.1) is 0 Å². The van der Waals surface area contributed by atoms with E-state index in [0.29, 0.717) is 35.4 Å². The van der Waals surface area contributed by atoms with Gasteiger partial charge in [0, 0.05) is 30.2 Å². The summed E-state index contributed by atoms with van der Waals surface area (Å²) in [6, 6.07) is 4.56. The number of unbranched alkanes of at least 4 members (excludes halogenated alkanes) is 1. The average molecular weight is 357 g/mol. The van der Waals surface area contributed by atoms with Crippen molar-refractivity contribution < 1.29 is 9.18 Å². The number of hydrazone groups is 1. The fourth-order valence-corrected chi connectivity index (χ4v) is 2.93. The second kappa shape index (κ2) is 7.64. The summed E-state index contributed by atoms with van der Waals surface area (Å²) in [5.74, 6) is -0.470. The molecule has 0 N–H and O–H groups in total. The maximum atomic E-state index is 14.0. The number of carbonyl (C=O) groups excluding carboxylic acids is 1. The Hall–Kier alpha value is -2.42. The van der Waals surface area contributed by atoms with Gasteiger partial charge in [0.15, 0.2) is 5.78 Å². The molecule has 0 saturated heterocycles. The van der Waals surface area contributed by atoms with Crippen molar-refractivity contribution in [1.82, 2.24) is 5.01 Å². The summed E-state index contributed by atoms with van der Waals surface area (Å²) in [4.78, 5) is 12.8. The summed E-state index contributed by atoms with van der Waals surface area (Å²) < 4.78 is 14.0. The van der Waals surface area contributed by atoms with Crippen molar-refractivity contribution in [2.45, 2.75) is 32.6 Å². The maximum Gasteiger partial charge on any atom is 0.161 e. The van der Waals surface area contributed by atoms with Crippen LogP contribution in [0, 0.1) is 5.82 Å². The highest BCUT2D eigenvalue weighted by Gasteiger charge is 2.25. The van der Waals surface area contributed by atoms with Gasteiger partial charge in [-0.05, 0) is 36.8 Å². The number of ketones is 1. The van der Waals surface area contributed by atoms with Crippen molar-refractivity contribution in [1.29, 1.82) is 0 Å². The summed E-state index contributed by atoms with van der Waals surface area (Å²) in [7, 11) is 0. The van der Waals surface area contributed by atoms with E-state index in [1.807, 2.05) is 19.1 Å². The molecule has 0 unspecified atom stereocenters. The molecule has 0 saturated carbocycles. The highest BCUT2D eigenvalue weighted by Crippen LogP contribution is 2.34. The molecule has 0 amide bonds. The monoisotopic (exact) mass is 356 g/mol. The first-order chi connectivity index (χ1) is 12.1. The Kier molecular flexibility index (Phi) is 5.32. The lowest BCUT2D eigenvalue weighted by atomic mass is 9.97. The van der Waals surface area contributed by atoms with Crippen molar-refractivity contribution in [3.05, 3.63) is 69.8 Å². The molecule has 0 bridgehead atoms. The van der Waals surface area contributed by atoms with Gasteiger partial charge >= 0.3 is 0 Å². The Bertz CT molecular complexity index is 860. The first-order valence-electron chi connectivity index (χ1n) is 8.29. The van der Waals surface area contributed by atoms with E-state index in [0.717, 1.165) is 12.8 Å². The lowest BCUT2D eigenvalue weighted by Crippen LogP contribution is -2.20. The molecule has 5 heteroatoms. The third-order valence-corrected chi connectivity index (χ3v) is 4.40. The van der Waals surface area contributed by atoms with Crippen molar-refractivity contribution in [3.63, 3.8) is 0 Å². The number of benzene rings is 1. The van der Waals surface area contributed by atoms with E-state index in [2.05, 4.69) is 10.8 Å². The minimum atomic E-state index is -0.522. The molecule has 1 aromatic carbocycles. The van der Waals surface area contributed by atoms with Gasteiger partial charge in [0.1, 0.15) is 11.5 Å². The standard InChI is InChI=1S/C20H18ClFN2O/c1-2-3-9-19(25)16-8-4-6-15-7-5-12-23-24(15)20(16)14-10-11-17(21)18(22)13-14/h4-5,7,10-13H,2-3,8-9H2,1H3. The second-order valence-electron chi connectivity index (χ2n) is 5.86. The molecule has 128 valence electrons. The van der Waals surface area contributed by atoms with E-state index in [4.69, 9.17) is 11.6 Å². The summed E-state index contributed by atoms with van der Waals surface area (Å²) >= 11 is 5.82. The first kappa shape index (κ1) is 17.4. The molecule has 0 radical (unpaired) electrons. The van der Waals surface area contributed by atoms with E-state index in [1.54, 1.807) is 23.4 Å². The number of Topliss-reactive ketones (excluding diaryl/α,β-unsaturated/α-hetero) is 1. The van der Waals surface area contributed by atoms with Crippen molar-refractivity contribution in [2.75, 3.05) is 0 Å². The normalized spacial score (nSPS) is 16.0. The first-order valence-corrected chi connectivity index (χ1v) is 8.67. The van der Waals surface area contributed by atoms with Gasteiger partial charge in [0.05, 0.1) is 10.7 Å². The Balaban J connectivity index is 2.15. The SMILES string of the molecule is CCCCC(=O)C1=C(c2ccc(Cl)c(F)c2)N2N=CC=CC2=C=CC1. The summed E-state index contributed by atoms with van der Waals surface area (Å²) in [6.07, 6.45) is 9.77. The van der Waals surface area contributed by atoms with E-state index in [9.17, 15) is 9.18 Å². The smallest absolute Gasteiger partial charge is 0.161 e. The topological polar surface area (TPSA) is 32.7 Å². The van der Waals surface area contributed by atoms with Gasteiger partial charge in [-0.25, -0.2) is 9.40 Å². The van der Waals surface area contributed by atoms with Gasteiger partial charge in [0.2, 0.25) is 0 Å². The van der Waals surface area contributed by atoms with Crippen LogP contribution in [0.3, 0.4) is 0 Å².